The van der Waals surface area contributed by atoms with Crippen molar-refractivity contribution in [2.45, 2.75) is 26.0 Å². The van der Waals surface area contributed by atoms with Crippen LogP contribution in [0.15, 0.2) is 18.2 Å². The first-order valence-electron chi connectivity index (χ1n) is 4.87. The van der Waals surface area contributed by atoms with Crippen LogP contribution < -0.4 is 5.32 Å². The summed E-state index contributed by atoms with van der Waals surface area (Å²) in [7, 11) is 0. The van der Waals surface area contributed by atoms with Gasteiger partial charge in [-0.25, -0.2) is 8.78 Å². The van der Waals surface area contributed by atoms with Crippen molar-refractivity contribution >= 4 is 0 Å². The second kappa shape index (κ2) is 5.19. The van der Waals surface area contributed by atoms with Crippen molar-refractivity contribution in [2.24, 2.45) is 0 Å². The van der Waals surface area contributed by atoms with Gasteiger partial charge in [-0.1, -0.05) is 6.07 Å². The van der Waals surface area contributed by atoms with E-state index in [4.69, 9.17) is 5.11 Å². The van der Waals surface area contributed by atoms with E-state index < -0.39 is 17.7 Å². The van der Waals surface area contributed by atoms with Crippen LogP contribution in [0.5, 0.6) is 0 Å². The molecule has 0 saturated carbocycles. The molecule has 2 N–H and O–H groups in total. The van der Waals surface area contributed by atoms with Gasteiger partial charge in [0.1, 0.15) is 0 Å². The second-order valence-corrected chi connectivity index (χ2v) is 3.65. The van der Waals surface area contributed by atoms with Gasteiger partial charge >= 0.3 is 0 Å². The van der Waals surface area contributed by atoms with Gasteiger partial charge in [0.15, 0.2) is 11.6 Å². The lowest BCUT2D eigenvalue weighted by molar-refractivity contribution is 0.187. The Hall–Kier alpha value is -1.00. The van der Waals surface area contributed by atoms with Crippen LogP contribution in [-0.2, 0) is 0 Å². The zero-order valence-electron chi connectivity index (χ0n) is 8.80. The molecule has 0 unspecified atom stereocenters. The highest BCUT2D eigenvalue weighted by molar-refractivity contribution is 5.20. The molecule has 0 radical (unpaired) electrons. The number of aliphatic hydroxyl groups is 1. The summed E-state index contributed by atoms with van der Waals surface area (Å²) in [4.78, 5) is 0. The van der Waals surface area contributed by atoms with E-state index in [-0.39, 0.29) is 6.04 Å². The van der Waals surface area contributed by atoms with Gasteiger partial charge in [0.05, 0.1) is 6.10 Å². The maximum Gasteiger partial charge on any atom is 0.159 e. The Kier molecular flexibility index (Phi) is 4.17. The van der Waals surface area contributed by atoms with Gasteiger partial charge in [-0.3, -0.25) is 0 Å². The summed E-state index contributed by atoms with van der Waals surface area (Å²) in [6.45, 7) is 3.90. The lowest BCUT2D eigenvalue weighted by Crippen LogP contribution is -2.27. The predicted octanol–water partition coefficient (Wildman–Crippen LogP) is 2.00. The number of halogens is 2. The summed E-state index contributed by atoms with van der Waals surface area (Å²) in [5.41, 5.74) is 0.662. The molecule has 0 aromatic heterocycles. The molecule has 15 heavy (non-hydrogen) atoms. The fraction of sp³-hybridized carbons (Fsp3) is 0.455. The quantitative estimate of drug-likeness (QED) is 0.805. The molecule has 84 valence electrons. The first kappa shape index (κ1) is 12.1. The van der Waals surface area contributed by atoms with Crippen LogP contribution >= 0.6 is 0 Å². The third kappa shape index (κ3) is 3.57. The minimum Gasteiger partial charge on any atom is -0.392 e. The number of nitrogens with one attached hydrogen (secondary N) is 1. The van der Waals surface area contributed by atoms with Gasteiger partial charge in [-0.2, -0.15) is 0 Å². The monoisotopic (exact) mass is 215 g/mol. The largest absolute Gasteiger partial charge is 0.392 e. The van der Waals surface area contributed by atoms with Crippen LogP contribution in [0.1, 0.15) is 25.5 Å². The molecule has 0 amide bonds. The van der Waals surface area contributed by atoms with Gasteiger partial charge in [-0.05, 0) is 31.5 Å². The zero-order chi connectivity index (χ0) is 11.4. The van der Waals surface area contributed by atoms with Gasteiger partial charge in [0.25, 0.3) is 0 Å². The fourth-order valence-corrected chi connectivity index (χ4v) is 1.25. The number of rotatable bonds is 4. The second-order valence-electron chi connectivity index (χ2n) is 3.65. The molecule has 0 aliphatic carbocycles. The molecule has 2 nitrogen and oxygen atoms in total. The predicted molar refractivity (Wildman–Crippen MR) is 54.5 cm³/mol. The topological polar surface area (TPSA) is 32.3 Å². The summed E-state index contributed by atoms with van der Waals surface area (Å²) < 4.78 is 25.5. The average molecular weight is 215 g/mol. The summed E-state index contributed by atoms with van der Waals surface area (Å²) in [5, 5.41) is 12.1. The minimum absolute atomic E-state index is 0.116. The van der Waals surface area contributed by atoms with Crippen molar-refractivity contribution in [1.82, 2.24) is 5.32 Å². The summed E-state index contributed by atoms with van der Waals surface area (Å²) in [5.74, 6) is -1.69. The maximum atomic E-state index is 12.9. The van der Waals surface area contributed by atoms with Crippen LogP contribution in [-0.4, -0.2) is 17.8 Å². The summed E-state index contributed by atoms with van der Waals surface area (Å²) in [6, 6.07) is 3.67. The molecule has 0 aliphatic heterocycles. The molecule has 0 aliphatic rings. The van der Waals surface area contributed by atoms with Crippen molar-refractivity contribution in [3.05, 3.63) is 35.4 Å². The van der Waals surface area contributed by atoms with E-state index in [1.165, 1.54) is 6.07 Å². The molecule has 0 bridgehead atoms. The Morgan fingerprint density at radius 2 is 1.93 bits per heavy atom. The lowest BCUT2D eigenvalue weighted by atomic mass is 10.1. The van der Waals surface area contributed by atoms with E-state index >= 15 is 0 Å². The lowest BCUT2D eigenvalue weighted by Gasteiger charge is -2.15. The SMILES string of the molecule is C[C@@H](O)CN[C@H](C)c1ccc(F)c(F)c1. The van der Waals surface area contributed by atoms with E-state index in [1.54, 1.807) is 6.92 Å². The third-order valence-electron chi connectivity index (χ3n) is 2.16. The highest BCUT2D eigenvalue weighted by Crippen LogP contribution is 2.15. The van der Waals surface area contributed by atoms with Crippen molar-refractivity contribution in [2.75, 3.05) is 6.54 Å². The van der Waals surface area contributed by atoms with Crippen LogP contribution in [0.25, 0.3) is 0 Å². The standard InChI is InChI=1S/C11H15F2NO/c1-7(15)6-14-8(2)9-3-4-10(12)11(13)5-9/h3-5,7-8,14-15H,6H2,1-2H3/t7-,8-/m1/s1. The summed E-state index contributed by atoms with van der Waals surface area (Å²) >= 11 is 0. The van der Waals surface area contributed by atoms with Gasteiger partial charge in [0.2, 0.25) is 0 Å². The Morgan fingerprint density at radius 3 is 2.47 bits per heavy atom. The highest BCUT2D eigenvalue weighted by Gasteiger charge is 2.09. The Bertz CT molecular complexity index is 328. The molecule has 1 aromatic carbocycles. The molecule has 0 heterocycles. The van der Waals surface area contributed by atoms with Crippen LogP contribution in [0.3, 0.4) is 0 Å². The van der Waals surface area contributed by atoms with Crippen molar-refractivity contribution in [3.63, 3.8) is 0 Å². The maximum absolute atomic E-state index is 12.9. The van der Waals surface area contributed by atoms with Gasteiger partial charge < -0.3 is 10.4 Å². The first-order chi connectivity index (χ1) is 7.00. The van der Waals surface area contributed by atoms with Crippen LogP contribution in [0.2, 0.25) is 0 Å². The molecule has 1 rings (SSSR count). The number of aliphatic hydroxyl groups excluding tert-OH is 1. The minimum atomic E-state index is -0.849. The molecule has 0 spiro atoms. The Labute approximate surface area is 87.9 Å². The molecule has 2 atom stereocenters. The average Bonchev–Trinajstić information content (AvgIpc) is 2.18. The van der Waals surface area contributed by atoms with Gasteiger partial charge in [-0.15, -0.1) is 0 Å². The number of hydrogen-bond acceptors (Lipinski definition) is 2. The van der Waals surface area contributed by atoms with E-state index in [0.717, 1.165) is 12.1 Å². The van der Waals surface area contributed by atoms with E-state index in [2.05, 4.69) is 5.32 Å². The molecular formula is C11H15F2NO. The van der Waals surface area contributed by atoms with Crippen molar-refractivity contribution in [3.8, 4) is 0 Å². The highest BCUT2D eigenvalue weighted by atomic mass is 19.2. The number of benzene rings is 1. The third-order valence-corrected chi connectivity index (χ3v) is 2.16. The Balaban J connectivity index is 2.65. The fourth-order valence-electron chi connectivity index (χ4n) is 1.25. The molecule has 0 fully saturated rings. The van der Waals surface area contributed by atoms with Gasteiger partial charge in [0, 0.05) is 12.6 Å². The van der Waals surface area contributed by atoms with Crippen LogP contribution in [0, 0.1) is 11.6 Å². The number of hydrogen-bond donors (Lipinski definition) is 2. The molecule has 0 saturated heterocycles. The van der Waals surface area contributed by atoms with Crippen LogP contribution in [0.4, 0.5) is 8.78 Å². The molecular weight excluding hydrogens is 200 g/mol. The normalized spacial score (nSPS) is 15.0. The molecule has 1 aromatic rings. The summed E-state index contributed by atoms with van der Waals surface area (Å²) in [6.07, 6.45) is -0.460. The molecule has 4 heteroatoms. The van der Waals surface area contributed by atoms with Crippen molar-refractivity contribution in [1.29, 1.82) is 0 Å². The van der Waals surface area contributed by atoms with E-state index in [1.807, 2.05) is 6.92 Å². The first-order valence-corrected chi connectivity index (χ1v) is 4.87. The van der Waals surface area contributed by atoms with E-state index in [9.17, 15) is 8.78 Å². The zero-order valence-corrected chi connectivity index (χ0v) is 8.80. The van der Waals surface area contributed by atoms with E-state index in [0.29, 0.717) is 12.1 Å². The van der Waals surface area contributed by atoms with Crippen molar-refractivity contribution < 1.29 is 13.9 Å². The smallest absolute Gasteiger partial charge is 0.159 e. The Morgan fingerprint density at radius 1 is 1.27 bits per heavy atom.